The Balaban J connectivity index is 2.79. The van der Waals surface area contributed by atoms with Crippen molar-refractivity contribution in [3.63, 3.8) is 0 Å². The van der Waals surface area contributed by atoms with Crippen molar-refractivity contribution in [1.82, 2.24) is 10.2 Å². The van der Waals surface area contributed by atoms with Crippen molar-refractivity contribution in [2.75, 3.05) is 20.0 Å². The average molecular weight is 326 g/mol. The lowest BCUT2D eigenvalue weighted by Crippen LogP contribution is -1.99. The van der Waals surface area contributed by atoms with Gasteiger partial charge in [0.15, 0.2) is 11.5 Å². The molecule has 1 aromatic carbocycles. The summed E-state index contributed by atoms with van der Waals surface area (Å²) in [6.07, 6.45) is 2.54. The van der Waals surface area contributed by atoms with Crippen LogP contribution in [-0.2, 0) is 6.42 Å². The lowest BCUT2D eigenvalue weighted by molar-refractivity contribution is 0.355. The molecule has 6 heteroatoms. The van der Waals surface area contributed by atoms with E-state index in [1.165, 1.54) is 0 Å². The van der Waals surface area contributed by atoms with Gasteiger partial charge in [0.2, 0.25) is 0 Å². The van der Waals surface area contributed by atoms with Crippen LogP contribution in [0.15, 0.2) is 16.7 Å². The summed E-state index contributed by atoms with van der Waals surface area (Å²) in [5, 5.41) is 6.69. The maximum Gasteiger partial charge on any atom is 0.169 e. The van der Waals surface area contributed by atoms with Gasteiger partial charge in [-0.3, -0.25) is 5.10 Å². The van der Waals surface area contributed by atoms with Gasteiger partial charge in [0, 0.05) is 15.6 Å². The number of H-pyrrole nitrogens is 1. The minimum Gasteiger partial charge on any atom is -0.493 e. The van der Waals surface area contributed by atoms with Gasteiger partial charge in [0.1, 0.15) is 5.82 Å². The third-order valence-corrected chi connectivity index (χ3v) is 3.91. The zero-order valence-corrected chi connectivity index (χ0v) is 12.7. The molecule has 2 aromatic rings. The molecule has 0 spiro atoms. The molecule has 0 atom stereocenters. The molecule has 0 aliphatic rings. The second-order valence-electron chi connectivity index (χ2n) is 4.01. The lowest BCUT2D eigenvalue weighted by Gasteiger charge is -2.17. The number of benzene rings is 1. The van der Waals surface area contributed by atoms with E-state index in [4.69, 9.17) is 15.2 Å². The fourth-order valence-corrected chi connectivity index (χ4v) is 2.81. The Hall–Kier alpha value is -1.69. The van der Waals surface area contributed by atoms with Gasteiger partial charge in [-0.15, -0.1) is 0 Å². The zero-order valence-electron chi connectivity index (χ0n) is 11.1. The molecule has 102 valence electrons. The Morgan fingerprint density at radius 3 is 2.58 bits per heavy atom. The summed E-state index contributed by atoms with van der Waals surface area (Å²) in [5.74, 6) is 1.81. The number of ether oxygens (including phenoxy) is 2. The quantitative estimate of drug-likeness (QED) is 0.906. The minimum absolute atomic E-state index is 0.495. The van der Waals surface area contributed by atoms with Crippen LogP contribution < -0.4 is 15.2 Å². The molecule has 19 heavy (non-hydrogen) atoms. The number of nitrogens with zero attached hydrogens (tertiary/aromatic N) is 1. The number of rotatable bonds is 4. The third kappa shape index (κ3) is 2.28. The smallest absolute Gasteiger partial charge is 0.169 e. The molecule has 0 amide bonds. The molecule has 1 heterocycles. The molecule has 2 rings (SSSR count). The first-order valence-corrected chi connectivity index (χ1v) is 6.65. The largest absolute Gasteiger partial charge is 0.493 e. The minimum atomic E-state index is 0.495. The number of hydrogen-bond acceptors (Lipinski definition) is 4. The molecular weight excluding hydrogens is 310 g/mol. The van der Waals surface area contributed by atoms with Crippen LogP contribution in [0.4, 0.5) is 5.82 Å². The second-order valence-corrected chi connectivity index (χ2v) is 4.80. The van der Waals surface area contributed by atoms with Crippen LogP contribution in [0.3, 0.4) is 0 Å². The number of halogens is 1. The molecule has 0 aliphatic heterocycles. The van der Waals surface area contributed by atoms with Gasteiger partial charge in [-0.1, -0.05) is 6.92 Å². The normalized spacial score (nSPS) is 10.5. The van der Waals surface area contributed by atoms with Crippen molar-refractivity contribution in [3.8, 4) is 22.6 Å². The molecule has 0 bridgehead atoms. The first-order chi connectivity index (χ1) is 9.13. The number of nitrogens with one attached hydrogen (secondary N) is 1. The predicted octanol–water partition coefficient (Wildman–Crippen LogP) is 3.00. The highest BCUT2D eigenvalue weighted by atomic mass is 79.9. The Bertz CT molecular complexity index is 596. The topological polar surface area (TPSA) is 73.2 Å². The summed E-state index contributed by atoms with van der Waals surface area (Å²) in [7, 11) is 3.23. The van der Waals surface area contributed by atoms with Gasteiger partial charge < -0.3 is 15.2 Å². The number of aromatic nitrogens is 2. The number of nitrogen functional groups attached to an aromatic ring is 1. The van der Waals surface area contributed by atoms with E-state index in [0.717, 1.165) is 27.6 Å². The van der Waals surface area contributed by atoms with Crippen LogP contribution >= 0.6 is 15.9 Å². The highest BCUT2D eigenvalue weighted by Crippen LogP contribution is 2.46. The monoisotopic (exact) mass is 325 g/mol. The first-order valence-electron chi connectivity index (χ1n) is 5.86. The van der Waals surface area contributed by atoms with Crippen LogP contribution in [0.1, 0.15) is 12.5 Å². The van der Waals surface area contributed by atoms with Crippen molar-refractivity contribution >= 4 is 21.7 Å². The van der Waals surface area contributed by atoms with Crippen LogP contribution in [0.25, 0.3) is 11.1 Å². The van der Waals surface area contributed by atoms with E-state index >= 15 is 0 Å². The van der Waals surface area contributed by atoms with E-state index in [2.05, 4.69) is 33.1 Å². The van der Waals surface area contributed by atoms with Crippen LogP contribution in [0.5, 0.6) is 11.5 Å². The van der Waals surface area contributed by atoms with E-state index in [0.29, 0.717) is 17.3 Å². The maximum atomic E-state index is 5.91. The molecule has 0 saturated carbocycles. The fourth-order valence-electron chi connectivity index (χ4n) is 2.02. The molecule has 1 aromatic heterocycles. The van der Waals surface area contributed by atoms with Gasteiger partial charge in [-0.25, -0.2) is 0 Å². The number of anilines is 1. The molecule has 0 aliphatic carbocycles. The molecule has 0 unspecified atom stereocenters. The van der Waals surface area contributed by atoms with E-state index < -0.39 is 0 Å². The van der Waals surface area contributed by atoms with Crippen LogP contribution in [0.2, 0.25) is 0 Å². The van der Waals surface area contributed by atoms with Gasteiger partial charge in [-0.2, -0.15) is 5.10 Å². The molecular formula is C13H16BrN3O2. The number of hydrogen-bond donors (Lipinski definition) is 2. The summed E-state index contributed by atoms with van der Waals surface area (Å²) in [5.41, 5.74) is 8.67. The van der Waals surface area contributed by atoms with E-state index in [1.807, 2.05) is 6.07 Å². The van der Waals surface area contributed by atoms with Crippen molar-refractivity contribution < 1.29 is 9.47 Å². The highest BCUT2D eigenvalue weighted by Gasteiger charge is 2.21. The Morgan fingerprint density at radius 1 is 1.37 bits per heavy atom. The summed E-state index contributed by atoms with van der Waals surface area (Å²) in [6, 6.07) is 1.96. The Labute approximate surface area is 120 Å². The number of aromatic amines is 1. The zero-order chi connectivity index (χ0) is 14.0. The number of methoxy groups -OCH3 is 2. The molecule has 0 radical (unpaired) electrons. The molecule has 3 N–H and O–H groups in total. The van der Waals surface area contributed by atoms with E-state index in [9.17, 15) is 0 Å². The Morgan fingerprint density at radius 2 is 2.11 bits per heavy atom. The number of nitrogens with two attached hydrogens (primary N) is 1. The van der Waals surface area contributed by atoms with Crippen molar-refractivity contribution in [2.45, 2.75) is 13.3 Å². The van der Waals surface area contributed by atoms with Crippen molar-refractivity contribution in [3.05, 3.63) is 22.3 Å². The van der Waals surface area contributed by atoms with Gasteiger partial charge in [0.05, 0.1) is 20.4 Å². The summed E-state index contributed by atoms with van der Waals surface area (Å²) in [4.78, 5) is 0. The van der Waals surface area contributed by atoms with Crippen molar-refractivity contribution in [2.24, 2.45) is 0 Å². The van der Waals surface area contributed by atoms with Gasteiger partial charge in [0.25, 0.3) is 0 Å². The predicted molar refractivity (Wildman–Crippen MR) is 78.6 cm³/mol. The van der Waals surface area contributed by atoms with Crippen molar-refractivity contribution in [1.29, 1.82) is 0 Å². The summed E-state index contributed by atoms with van der Waals surface area (Å²) in [6.45, 7) is 2.08. The summed E-state index contributed by atoms with van der Waals surface area (Å²) >= 11 is 3.62. The highest BCUT2D eigenvalue weighted by molar-refractivity contribution is 9.10. The standard InChI is InChI=1S/C13H16BrN3O2/c1-4-7-5-9(18-2)12(19-3)10(11(7)14)8-6-16-17-13(8)15/h5-6H,4H2,1-3H3,(H3,15,16,17). The lowest BCUT2D eigenvalue weighted by atomic mass is 10.0. The third-order valence-electron chi connectivity index (χ3n) is 3.00. The van der Waals surface area contributed by atoms with E-state index in [1.54, 1.807) is 20.4 Å². The molecule has 0 fully saturated rings. The van der Waals surface area contributed by atoms with E-state index in [-0.39, 0.29) is 0 Å². The SMILES string of the molecule is CCc1cc(OC)c(OC)c(-c2cn[nH]c2N)c1Br. The fraction of sp³-hybridized carbons (Fsp3) is 0.308. The molecule has 5 nitrogen and oxygen atoms in total. The van der Waals surface area contributed by atoms with Crippen LogP contribution in [0, 0.1) is 0 Å². The number of aryl methyl sites for hydroxylation is 1. The van der Waals surface area contributed by atoms with Crippen LogP contribution in [-0.4, -0.2) is 24.4 Å². The van der Waals surface area contributed by atoms with Gasteiger partial charge >= 0.3 is 0 Å². The Kier molecular flexibility index (Phi) is 3.99. The second kappa shape index (κ2) is 5.52. The summed E-state index contributed by atoms with van der Waals surface area (Å²) < 4.78 is 11.8. The maximum absolute atomic E-state index is 5.91. The molecule has 0 saturated heterocycles. The average Bonchev–Trinajstić information content (AvgIpc) is 2.84. The first kappa shape index (κ1) is 13.7. The van der Waals surface area contributed by atoms with Gasteiger partial charge in [-0.05, 0) is 34.0 Å².